The van der Waals surface area contributed by atoms with Crippen LogP contribution >= 0.6 is 12.2 Å². The molecule has 7 heteroatoms. The van der Waals surface area contributed by atoms with E-state index in [0.717, 1.165) is 44.2 Å². The topological polar surface area (TPSA) is 63.9 Å². The van der Waals surface area contributed by atoms with Crippen molar-refractivity contribution in [3.8, 4) is 11.5 Å². The lowest BCUT2D eigenvalue weighted by Crippen LogP contribution is -2.48. The largest absolute Gasteiger partial charge is 0.493 e. The molecular weight excluding hydrogens is 288 g/mol. The van der Waals surface area contributed by atoms with Crippen LogP contribution in [-0.2, 0) is 6.54 Å². The molecule has 1 fully saturated rings. The third-order valence-electron chi connectivity index (χ3n) is 3.58. The maximum Gasteiger partial charge on any atom is 0.183 e. The minimum Gasteiger partial charge on any atom is -0.493 e. The molecule has 2 N–H and O–H groups in total. The Balaban J connectivity index is 1.96. The van der Waals surface area contributed by atoms with E-state index in [-0.39, 0.29) is 0 Å². The summed E-state index contributed by atoms with van der Waals surface area (Å²) in [7, 11) is 3.28. The fourth-order valence-corrected chi connectivity index (χ4v) is 2.68. The smallest absolute Gasteiger partial charge is 0.183 e. The number of pyridine rings is 1. The van der Waals surface area contributed by atoms with Crippen molar-refractivity contribution in [2.75, 3.05) is 46.9 Å². The number of ether oxygens (including phenoxy) is 2. The molecule has 0 aliphatic carbocycles. The Morgan fingerprint density at radius 1 is 1.24 bits per heavy atom. The van der Waals surface area contributed by atoms with Gasteiger partial charge in [0.1, 0.15) is 5.69 Å². The highest BCUT2D eigenvalue weighted by Crippen LogP contribution is 2.29. The first-order valence-corrected chi connectivity index (χ1v) is 7.33. The summed E-state index contributed by atoms with van der Waals surface area (Å²) in [4.78, 5) is 9.59. The summed E-state index contributed by atoms with van der Waals surface area (Å²) < 4.78 is 10.7. The normalized spacial score (nSPS) is 16.7. The molecule has 21 heavy (non-hydrogen) atoms. The predicted molar refractivity (Wildman–Crippen MR) is 85.8 cm³/mol. The number of piperazine rings is 1. The van der Waals surface area contributed by atoms with Crippen molar-refractivity contribution < 1.29 is 9.47 Å². The van der Waals surface area contributed by atoms with Gasteiger partial charge in [0.2, 0.25) is 0 Å². The third-order valence-corrected chi connectivity index (χ3v) is 3.71. The molecular formula is C14H22N4O2S. The van der Waals surface area contributed by atoms with Gasteiger partial charge in [-0.05, 0) is 0 Å². The summed E-state index contributed by atoms with van der Waals surface area (Å²) in [6.45, 7) is 5.30. The van der Waals surface area contributed by atoms with Crippen molar-refractivity contribution >= 4 is 17.2 Å². The lowest BCUT2D eigenvalue weighted by atomic mass is 10.2. The molecule has 0 saturated carbocycles. The van der Waals surface area contributed by atoms with Gasteiger partial charge in [0.25, 0.3) is 0 Å². The van der Waals surface area contributed by atoms with Gasteiger partial charge in [-0.15, -0.1) is 0 Å². The molecule has 1 aromatic heterocycles. The molecule has 116 valence electrons. The average Bonchev–Trinajstić information content (AvgIpc) is 2.48. The fraction of sp³-hybridized carbons (Fsp3) is 0.571. The second-order valence-corrected chi connectivity index (χ2v) is 5.54. The lowest BCUT2D eigenvalue weighted by Gasteiger charge is -2.34. The summed E-state index contributed by atoms with van der Waals surface area (Å²) in [6, 6.07) is 1.81. The zero-order valence-electron chi connectivity index (χ0n) is 12.5. The Morgan fingerprint density at radius 2 is 1.90 bits per heavy atom. The number of rotatable bonds is 6. The number of aromatic nitrogens is 1. The third kappa shape index (κ3) is 4.26. The summed E-state index contributed by atoms with van der Waals surface area (Å²) in [5, 5.41) is 0. The first-order valence-electron chi connectivity index (χ1n) is 6.93. The predicted octanol–water partition coefficient (Wildman–Crippen LogP) is 0.503. The molecule has 6 nitrogen and oxygen atoms in total. The number of hydrogen-bond acceptors (Lipinski definition) is 6. The molecule has 1 saturated heterocycles. The van der Waals surface area contributed by atoms with Gasteiger partial charge in [0.15, 0.2) is 11.5 Å². The van der Waals surface area contributed by atoms with Gasteiger partial charge in [-0.2, -0.15) is 0 Å². The molecule has 0 spiro atoms. The Morgan fingerprint density at radius 3 is 2.48 bits per heavy atom. The number of thiocarbonyl (C=S) groups is 1. The standard InChI is InChI=1S/C14H22N4O2S/c1-19-12-3-4-16-11(14(12)20-2)9-17-5-7-18(8-6-17)10-13(15)21/h3-4H,5-10H2,1-2H3,(H2,15,21). The minimum atomic E-state index is 0.555. The quantitative estimate of drug-likeness (QED) is 0.768. The van der Waals surface area contributed by atoms with Gasteiger partial charge in [-0.1, -0.05) is 12.2 Å². The Bertz CT molecular complexity index is 490. The van der Waals surface area contributed by atoms with E-state index < -0.39 is 0 Å². The van der Waals surface area contributed by atoms with Crippen LogP contribution in [0.25, 0.3) is 0 Å². The monoisotopic (exact) mass is 310 g/mol. The second-order valence-electron chi connectivity index (χ2n) is 5.01. The van der Waals surface area contributed by atoms with Crippen LogP contribution in [0.15, 0.2) is 12.3 Å². The molecule has 1 aliphatic heterocycles. The van der Waals surface area contributed by atoms with Crippen LogP contribution in [-0.4, -0.2) is 66.7 Å². The summed E-state index contributed by atoms with van der Waals surface area (Å²) in [5.41, 5.74) is 6.49. The number of nitrogens with zero attached hydrogens (tertiary/aromatic N) is 3. The number of hydrogen-bond donors (Lipinski definition) is 1. The first kappa shape index (κ1) is 15.9. The molecule has 1 aromatic rings. The maximum atomic E-state index is 5.59. The van der Waals surface area contributed by atoms with Crippen molar-refractivity contribution in [2.45, 2.75) is 6.54 Å². The molecule has 0 radical (unpaired) electrons. The van der Waals surface area contributed by atoms with Crippen LogP contribution < -0.4 is 15.2 Å². The van der Waals surface area contributed by atoms with Crippen LogP contribution in [0, 0.1) is 0 Å². The molecule has 1 aliphatic rings. The van der Waals surface area contributed by atoms with Crippen molar-refractivity contribution in [1.29, 1.82) is 0 Å². The fourth-order valence-electron chi connectivity index (χ4n) is 2.50. The first-order chi connectivity index (χ1) is 10.1. The van der Waals surface area contributed by atoms with Crippen LogP contribution in [0.1, 0.15) is 5.69 Å². The summed E-state index contributed by atoms with van der Waals surface area (Å²) in [5.74, 6) is 1.43. The maximum absolute atomic E-state index is 5.59. The molecule has 2 heterocycles. The lowest BCUT2D eigenvalue weighted by molar-refractivity contribution is 0.137. The van der Waals surface area contributed by atoms with E-state index in [9.17, 15) is 0 Å². The molecule has 0 unspecified atom stereocenters. The molecule has 2 rings (SSSR count). The molecule has 0 atom stereocenters. The van der Waals surface area contributed by atoms with E-state index in [1.54, 1.807) is 20.4 Å². The summed E-state index contributed by atoms with van der Waals surface area (Å²) >= 11 is 4.95. The SMILES string of the molecule is COc1ccnc(CN2CCN(CC(N)=S)CC2)c1OC. The van der Waals surface area contributed by atoms with E-state index in [1.807, 2.05) is 6.07 Å². The minimum absolute atomic E-state index is 0.555. The zero-order valence-corrected chi connectivity index (χ0v) is 13.4. The van der Waals surface area contributed by atoms with Crippen molar-refractivity contribution in [1.82, 2.24) is 14.8 Å². The van der Waals surface area contributed by atoms with E-state index in [2.05, 4.69) is 14.8 Å². The van der Waals surface area contributed by atoms with Crippen LogP contribution in [0.3, 0.4) is 0 Å². The Kier molecular flexibility index (Phi) is 5.72. The number of methoxy groups -OCH3 is 2. The van der Waals surface area contributed by atoms with Gasteiger partial charge < -0.3 is 15.2 Å². The summed E-state index contributed by atoms with van der Waals surface area (Å²) in [6.07, 6.45) is 1.75. The second kappa shape index (κ2) is 7.53. The van der Waals surface area contributed by atoms with Gasteiger partial charge in [-0.25, -0.2) is 0 Å². The molecule has 0 bridgehead atoms. The van der Waals surface area contributed by atoms with Crippen LogP contribution in [0.2, 0.25) is 0 Å². The van der Waals surface area contributed by atoms with E-state index in [4.69, 9.17) is 27.4 Å². The van der Waals surface area contributed by atoms with E-state index >= 15 is 0 Å². The number of nitrogens with two attached hydrogens (primary N) is 1. The van der Waals surface area contributed by atoms with Crippen molar-refractivity contribution in [3.63, 3.8) is 0 Å². The van der Waals surface area contributed by atoms with E-state index in [1.165, 1.54) is 0 Å². The van der Waals surface area contributed by atoms with Gasteiger partial charge >= 0.3 is 0 Å². The van der Waals surface area contributed by atoms with Crippen molar-refractivity contribution in [2.24, 2.45) is 5.73 Å². The van der Waals surface area contributed by atoms with E-state index in [0.29, 0.717) is 17.3 Å². The van der Waals surface area contributed by atoms with Gasteiger partial charge in [-0.3, -0.25) is 14.8 Å². The molecule has 0 amide bonds. The van der Waals surface area contributed by atoms with Crippen LogP contribution in [0.4, 0.5) is 0 Å². The van der Waals surface area contributed by atoms with Crippen molar-refractivity contribution in [3.05, 3.63) is 18.0 Å². The highest BCUT2D eigenvalue weighted by molar-refractivity contribution is 7.80. The zero-order chi connectivity index (χ0) is 15.2. The average molecular weight is 310 g/mol. The Labute approximate surface area is 130 Å². The highest BCUT2D eigenvalue weighted by atomic mass is 32.1. The highest BCUT2D eigenvalue weighted by Gasteiger charge is 2.20. The van der Waals surface area contributed by atoms with Gasteiger partial charge in [0, 0.05) is 51.5 Å². The molecule has 0 aromatic carbocycles. The van der Waals surface area contributed by atoms with Crippen LogP contribution in [0.5, 0.6) is 11.5 Å². The Hall–Kier alpha value is -1.44. The van der Waals surface area contributed by atoms with Gasteiger partial charge in [0.05, 0.1) is 19.2 Å².